The van der Waals surface area contributed by atoms with Gasteiger partial charge in [-0.1, -0.05) is 30.3 Å². The zero-order valence-electron chi connectivity index (χ0n) is 11.4. The second-order valence-corrected chi connectivity index (χ2v) is 5.50. The van der Waals surface area contributed by atoms with Crippen LogP contribution in [0.3, 0.4) is 0 Å². The van der Waals surface area contributed by atoms with Crippen LogP contribution in [0.5, 0.6) is 0 Å². The van der Waals surface area contributed by atoms with Crippen LogP contribution in [0.1, 0.15) is 25.3 Å². The minimum atomic E-state index is -0.513. The minimum Gasteiger partial charge on any atom is -0.379 e. The van der Waals surface area contributed by atoms with Gasteiger partial charge in [-0.25, -0.2) is 0 Å². The Balaban J connectivity index is 1.88. The average molecular weight is 262 g/mol. The summed E-state index contributed by atoms with van der Waals surface area (Å²) in [6.45, 7) is 3.36. The predicted octanol–water partition coefficient (Wildman–Crippen LogP) is 1.24. The van der Waals surface area contributed by atoms with Crippen molar-refractivity contribution in [3.05, 3.63) is 35.9 Å². The van der Waals surface area contributed by atoms with Gasteiger partial charge in [0.15, 0.2) is 0 Å². The molecule has 1 aromatic carbocycles. The van der Waals surface area contributed by atoms with E-state index in [1.165, 1.54) is 0 Å². The second-order valence-electron chi connectivity index (χ2n) is 5.50. The number of carbonyl (C=O) groups is 1. The molecule has 1 amide bonds. The van der Waals surface area contributed by atoms with Crippen molar-refractivity contribution in [3.8, 4) is 0 Å². The molecule has 0 aromatic heterocycles. The predicted molar refractivity (Wildman–Crippen MR) is 74.7 cm³/mol. The molecule has 2 atom stereocenters. The third-order valence-electron chi connectivity index (χ3n) is 3.50. The van der Waals surface area contributed by atoms with Crippen molar-refractivity contribution in [3.63, 3.8) is 0 Å². The number of nitrogens with one attached hydrogen (secondary N) is 1. The molecule has 1 unspecified atom stereocenters. The maximum Gasteiger partial charge on any atom is 0.237 e. The molecule has 0 radical (unpaired) electrons. The van der Waals surface area contributed by atoms with Crippen molar-refractivity contribution in [2.45, 2.75) is 37.8 Å². The van der Waals surface area contributed by atoms with Gasteiger partial charge in [0, 0.05) is 6.61 Å². The highest BCUT2D eigenvalue weighted by atomic mass is 16.5. The number of benzene rings is 1. The third-order valence-corrected chi connectivity index (χ3v) is 3.50. The molecule has 4 heteroatoms. The molecule has 1 saturated heterocycles. The Morgan fingerprint density at radius 1 is 1.47 bits per heavy atom. The Morgan fingerprint density at radius 2 is 2.21 bits per heavy atom. The molecule has 0 saturated carbocycles. The number of hydrogen-bond acceptors (Lipinski definition) is 3. The molecule has 104 valence electrons. The summed E-state index contributed by atoms with van der Waals surface area (Å²) in [5.74, 6) is -0.100. The van der Waals surface area contributed by atoms with E-state index in [1.807, 2.05) is 37.3 Å². The molecule has 1 aromatic rings. The zero-order chi connectivity index (χ0) is 13.7. The molecule has 4 nitrogen and oxygen atoms in total. The lowest BCUT2D eigenvalue weighted by Crippen LogP contribution is -2.56. The number of nitrogens with two attached hydrogens (primary N) is 1. The van der Waals surface area contributed by atoms with Crippen LogP contribution in [0.2, 0.25) is 0 Å². The van der Waals surface area contributed by atoms with Crippen LogP contribution in [-0.4, -0.2) is 30.7 Å². The molecule has 1 heterocycles. The van der Waals surface area contributed by atoms with Crippen molar-refractivity contribution < 1.29 is 9.53 Å². The first-order chi connectivity index (χ1) is 9.09. The van der Waals surface area contributed by atoms with E-state index in [4.69, 9.17) is 10.5 Å². The molecule has 0 spiro atoms. The Hall–Kier alpha value is -1.39. The molecule has 1 aliphatic heterocycles. The minimum absolute atomic E-state index is 0.100. The molecule has 1 aliphatic rings. The van der Waals surface area contributed by atoms with E-state index in [0.717, 1.165) is 25.0 Å². The Morgan fingerprint density at radius 3 is 2.84 bits per heavy atom. The molecule has 0 bridgehead atoms. The van der Waals surface area contributed by atoms with Crippen molar-refractivity contribution in [2.75, 3.05) is 13.2 Å². The van der Waals surface area contributed by atoms with Crippen LogP contribution in [0.15, 0.2) is 30.3 Å². The van der Waals surface area contributed by atoms with Crippen LogP contribution in [0.25, 0.3) is 0 Å². The van der Waals surface area contributed by atoms with Gasteiger partial charge in [0.05, 0.1) is 18.2 Å². The number of amides is 1. The number of ether oxygens (including phenoxy) is 1. The van der Waals surface area contributed by atoms with Gasteiger partial charge in [-0.05, 0) is 31.7 Å². The van der Waals surface area contributed by atoms with Gasteiger partial charge in [0.1, 0.15) is 0 Å². The van der Waals surface area contributed by atoms with Crippen molar-refractivity contribution in [1.29, 1.82) is 0 Å². The number of carbonyl (C=O) groups excluding carboxylic acids is 1. The summed E-state index contributed by atoms with van der Waals surface area (Å²) in [7, 11) is 0. The van der Waals surface area contributed by atoms with Crippen LogP contribution >= 0.6 is 0 Å². The SMILES string of the molecule is CC1(NC(=O)[C@@H](N)Cc2ccccc2)CCCOC1. The number of hydrogen-bond donors (Lipinski definition) is 2. The van der Waals surface area contributed by atoms with Gasteiger partial charge in [0.2, 0.25) is 5.91 Å². The Bertz CT molecular complexity index is 413. The largest absolute Gasteiger partial charge is 0.379 e. The number of rotatable bonds is 4. The molecule has 2 rings (SSSR count). The van der Waals surface area contributed by atoms with E-state index in [1.54, 1.807) is 0 Å². The average Bonchev–Trinajstić information content (AvgIpc) is 2.40. The summed E-state index contributed by atoms with van der Waals surface area (Å²) in [5, 5.41) is 3.03. The maximum absolute atomic E-state index is 12.1. The van der Waals surface area contributed by atoms with Gasteiger partial charge in [-0.2, -0.15) is 0 Å². The second kappa shape index (κ2) is 6.17. The van der Waals surface area contributed by atoms with Gasteiger partial charge in [0.25, 0.3) is 0 Å². The molecular weight excluding hydrogens is 240 g/mol. The highest BCUT2D eigenvalue weighted by molar-refractivity contribution is 5.82. The van der Waals surface area contributed by atoms with Gasteiger partial charge >= 0.3 is 0 Å². The summed E-state index contributed by atoms with van der Waals surface area (Å²) in [6.07, 6.45) is 2.48. The topological polar surface area (TPSA) is 64.4 Å². The van der Waals surface area contributed by atoms with E-state index in [-0.39, 0.29) is 11.4 Å². The maximum atomic E-state index is 12.1. The molecule has 19 heavy (non-hydrogen) atoms. The highest BCUT2D eigenvalue weighted by Gasteiger charge is 2.30. The van der Waals surface area contributed by atoms with Crippen LogP contribution < -0.4 is 11.1 Å². The van der Waals surface area contributed by atoms with Gasteiger partial charge in [-0.3, -0.25) is 4.79 Å². The smallest absolute Gasteiger partial charge is 0.237 e. The third kappa shape index (κ3) is 4.04. The first-order valence-electron chi connectivity index (χ1n) is 6.78. The lowest BCUT2D eigenvalue weighted by Gasteiger charge is -2.35. The Kier molecular flexibility index (Phi) is 4.56. The zero-order valence-corrected chi connectivity index (χ0v) is 11.4. The first-order valence-corrected chi connectivity index (χ1v) is 6.78. The molecule has 0 aliphatic carbocycles. The van der Waals surface area contributed by atoms with Crippen LogP contribution in [0, 0.1) is 0 Å². The van der Waals surface area contributed by atoms with Crippen molar-refractivity contribution in [1.82, 2.24) is 5.32 Å². The lowest BCUT2D eigenvalue weighted by molar-refractivity contribution is -0.125. The fraction of sp³-hybridized carbons (Fsp3) is 0.533. The quantitative estimate of drug-likeness (QED) is 0.858. The van der Waals surface area contributed by atoms with Crippen LogP contribution in [0.4, 0.5) is 0 Å². The summed E-state index contributed by atoms with van der Waals surface area (Å²) in [5.41, 5.74) is 6.78. The van der Waals surface area contributed by atoms with E-state index in [0.29, 0.717) is 13.0 Å². The normalized spacial score (nSPS) is 24.7. The highest BCUT2D eigenvalue weighted by Crippen LogP contribution is 2.18. The molecule has 1 fully saturated rings. The summed E-state index contributed by atoms with van der Waals surface area (Å²) in [4.78, 5) is 12.1. The van der Waals surface area contributed by atoms with Crippen molar-refractivity contribution >= 4 is 5.91 Å². The summed E-state index contributed by atoms with van der Waals surface area (Å²) >= 11 is 0. The monoisotopic (exact) mass is 262 g/mol. The van der Waals surface area contributed by atoms with Crippen molar-refractivity contribution in [2.24, 2.45) is 5.73 Å². The summed E-state index contributed by atoms with van der Waals surface area (Å²) in [6, 6.07) is 9.32. The van der Waals surface area contributed by atoms with Gasteiger partial charge < -0.3 is 15.8 Å². The van der Waals surface area contributed by atoms with E-state index in [9.17, 15) is 4.79 Å². The fourth-order valence-corrected chi connectivity index (χ4v) is 2.38. The van der Waals surface area contributed by atoms with Crippen LogP contribution in [-0.2, 0) is 16.0 Å². The van der Waals surface area contributed by atoms with E-state index < -0.39 is 6.04 Å². The van der Waals surface area contributed by atoms with E-state index in [2.05, 4.69) is 5.32 Å². The molecule has 3 N–H and O–H groups in total. The van der Waals surface area contributed by atoms with Gasteiger partial charge in [-0.15, -0.1) is 0 Å². The standard InChI is InChI=1S/C15H22N2O2/c1-15(8-5-9-19-11-15)17-14(18)13(16)10-12-6-3-2-4-7-12/h2-4,6-7,13H,5,8-11,16H2,1H3,(H,17,18)/t13-,15?/m0/s1. The Labute approximate surface area is 114 Å². The first kappa shape index (κ1) is 14.0. The molecular formula is C15H22N2O2. The summed E-state index contributed by atoms with van der Waals surface area (Å²) < 4.78 is 5.43. The van der Waals surface area contributed by atoms with E-state index >= 15 is 0 Å². The lowest BCUT2D eigenvalue weighted by atomic mass is 9.94. The fourth-order valence-electron chi connectivity index (χ4n) is 2.38.